The van der Waals surface area contributed by atoms with E-state index in [9.17, 15) is 13.2 Å². The standard InChI is InChI=1S/C12H18N2O4S/c1-3-4-7-19(17,18)14(2)11-6-5-9(12(15)16)8-10(11)13/h5-6,8H,3-4,7,13H2,1-2H3,(H,15,16). The van der Waals surface area contributed by atoms with Gasteiger partial charge in [-0.1, -0.05) is 13.3 Å². The fraction of sp³-hybridized carbons (Fsp3) is 0.417. The molecule has 0 unspecified atom stereocenters. The third kappa shape index (κ3) is 3.60. The maximum atomic E-state index is 12.0. The highest BCUT2D eigenvalue weighted by atomic mass is 32.2. The Kier molecular flexibility index (Phi) is 4.77. The van der Waals surface area contributed by atoms with Crippen molar-refractivity contribution >= 4 is 27.4 Å². The van der Waals surface area contributed by atoms with Crippen LogP contribution in [-0.4, -0.2) is 32.3 Å². The summed E-state index contributed by atoms with van der Waals surface area (Å²) in [6, 6.07) is 3.99. The molecular formula is C12H18N2O4S. The average Bonchev–Trinajstić information content (AvgIpc) is 2.35. The quantitative estimate of drug-likeness (QED) is 0.772. The SMILES string of the molecule is CCCCS(=O)(=O)N(C)c1ccc(C(=O)O)cc1N. The molecule has 0 atom stereocenters. The fourth-order valence-electron chi connectivity index (χ4n) is 1.59. The molecule has 0 radical (unpaired) electrons. The van der Waals surface area contributed by atoms with Crippen molar-refractivity contribution in [2.24, 2.45) is 0 Å². The van der Waals surface area contributed by atoms with Gasteiger partial charge >= 0.3 is 5.97 Å². The molecule has 1 aromatic carbocycles. The van der Waals surface area contributed by atoms with E-state index in [1.54, 1.807) is 0 Å². The number of hydrogen-bond acceptors (Lipinski definition) is 4. The molecule has 0 aliphatic heterocycles. The lowest BCUT2D eigenvalue weighted by Gasteiger charge is -2.21. The van der Waals surface area contributed by atoms with Crippen LogP contribution in [0.15, 0.2) is 18.2 Å². The van der Waals surface area contributed by atoms with Crippen LogP contribution < -0.4 is 10.0 Å². The van der Waals surface area contributed by atoms with E-state index in [1.807, 2.05) is 6.92 Å². The van der Waals surface area contributed by atoms with E-state index < -0.39 is 16.0 Å². The molecule has 1 aromatic rings. The second-order valence-corrected chi connectivity index (χ2v) is 6.34. The van der Waals surface area contributed by atoms with E-state index in [0.717, 1.165) is 10.7 Å². The molecule has 0 aliphatic carbocycles. The number of hydrogen-bond donors (Lipinski definition) is 2. The maximum absolute atomic E-state index is 12.0. The summed E-state index contributed by atoms with van der Waals surface area (Å²) in [6.07, 6.45) is 1.35. The third-order valence-corrected chi connectivity index (χ3v) is 4.62. The molecule has 0 saturated heterocycles. The second-order valence-electron chi connectivity index (χ2n) is 4.22. The van der Waals surface area contributed by atoms with Gasteiger partial charge in [-0.25, -0.2) is 13.2 Å². The Morgan fingerprint density at radius 2 is 2.05 bits per heavy atom. The number of aromatic carboxylic acids is 1. The van der Waals surface area contributed by atoms with Crippen LogP contribution in [0.25, 0.3) is 0 Å². The van der Waals surface area contributed by atoms with Crippen LogP contribution in [0, 0.1) is 0 Å². The summed E-state index contributed by atoms with van der Waals surface area (Å²) in [5, 5.41) is 8.83. The fourth-order valence-corrected chi connectivity index (χ4v) is 2.98. The summed E-state index contributed by atoms with van der Waals surface area (Å²) in [5.74, 6) is -1.06. The van der Waals surface area contributed by atoms with Crippen LogP contribution in [0.3, 0.4) is 0 Å². The lowest BCUT2D eigenvalue weighted by atomic mass is 10.2. The van der Waals surface area contributed by atoms with E-state index >= 15 is 0 Å². The minimum Gasteiger partial charge on any atom is -0.478 e. The van der Waals surface area contributed by atoms with E-state index in [0.29, 0.717) is 12.1 Å². The van der Waals surface area contributed by atoms with Crippen LogP contribution >= 0.6 is 0 Å². The number of carboxylic acids is 1. The van der Waals surface area contributed by atoms with Crippen LogP contribution in [0.5, 0.6) is 0 Å². The van der Waals surface area contributed by atoms with Gasteiger partial charge in [0, 0.05) is 7.05 Å². The predicted molar refractivity (Wildman–Crippen MR) is 74.9 cm³/mol. The number of unbranched alkanes of at least 4 members (excludes halogenated alkanes) is 1. The third-order valence-electron chi connectivity index (χ3n) is 2.79. The summed E-state index contributed by atoms with van der Waals surface area (Å²) in [7, 11) is -2.01. The molecule has 0 bridgehead atoms. The first kappa shape index (κ1) is 15.3. The minimum atomic E-state index is -3.43. The van der Waals surface area contributed by atoms with Crippen molar-refractivity contribution in [1.29, 1.82) is 0 Å². The number of nitrogen functional groups attached to an aromatic ring is 1. The molecule has 3 N–H and O–H groups in total. The maximum Gasteiger partial charge on any atom is 0.335 e. The van der Waals surface area contributed by atoms with Gasteiger partial charge in [-0.15, -0.1) is 0 Å². The van der Waals surface area contributed by atoms with Crippen molar-refractivity contribution in [1.82, 2.24) is 0 Å². The smallest absolute Gasteiger partial charge is 0.335 e. The Labute approximate surface area is 112 Å². The molecule has 1 rings (SSSR count). The molecule has 0 amide bonds. The molecule has 0 aliphatic rings. The molecule has 0 saturated carbocycles. The van der Waals surface area contributed by atoms with Gasteiger partial charge in [0.1, 0.15) is 0 Å². The topological polar surface area (TPSA) is 101 Å². The molecule has 0 fully saturated rings. The predicted octanol–water partition coefficient (Wildman–Crippen LogP) is 1.53. The second kappa shape index (κ2) is 5.92. The lowest BCUT2D eigenvalue weighted by Crippen LogP contribution is -2.29. The zero-order valence-corrected chi connectivity index (χ0v) is 11.8. The first-order chi connectivity index (χ1) is 8.79. The van der Waals surface area contributed by atoms with Crippen LogP contribution in [-0.2, 0) is 10.0 Å². The largest absolute Gasteiger partial charge is 0.478 e. The van der Waals surface area contributed by atoms with Crippen molar-refractivity contribution < 1.29 is 18.3 Å². The highest BCUT2D eigenvalue weighted by Gasteiger charge is 2.20. The zero-order valence-electron chi connectivity index (χ0n) is 11.0. The lowest BCUT2D eigenvalue weighted by molar-refractivity contribution is 0.0697. The molecule has 106 valence electrons. The van der Waals surface area contributed by atoms with Gasteiger partial charge in [-0.05, 0) is 24.6 Å². The number of nitrogens with two attached hydrogens (primary N) is 1. The summed E-state index contributed by atoms with van der Waals surface area (Å²) in [4.78, 5) is 10.8. The van der Waals surface area contributed by atoms with E-state index in [4.69, 9.17) is 10.8 Å². The van der Waals surface area contributed by atoms with Crippen molar-refractivity contribution in [2.75, 3.05) is 22.8 Å². The average molecular weight is 286 g/mol. The van der Waals surface area contributed by atoms with Crippen molar-refractivity contribution in [3.05, 3.63) is 23.8 Å². The summed E-state index contributed by atoms with van der Waals surface area (Å²) in [5.41, 5.74) is 6.16. The summed E-state index contributed by atoms with van der Waals surface area (Å²) < 4.78 is 25.1. The first-order valence-electron chi connectivity index (χ1n) is 5.89. The van der Waals surface area contributed by atoms with Crippen LogP contribution in [0.4, 0.5) is 11.4 Å². The Morgan fingerprint density at radius 3 is 2.53 bits per heavy atom. The Morgan fingerprint density at radius 1 is 1.42 bits per heavy atom. The van der Waals surface area contributed by atoms with Gasteiger partial charge in [0.15, 0.2) is 0 Å². The van der Waals surface area contributed by atoms with Gasteiger partial charge < -0.3 is 10.8 Å². The van der Waals surface area contributed by atoms with Crippen molar-refractivity contribution in [3.63, 3.8) is 0 Å². The number of benzene rings is 1. The molecule has 7 heteroatoms. The highest BCUT2D eigenvalue weighted by Crippen LogP contribution is 2.26. The summed E-state index contributed by atoms with van der Waals surface area (Å²) in [6.45, 7) is 1.91. The van der Waals surface area contributed by atoms with E-state index in [2.05, 4.69) is 0 Å². The molecular weight excluding hydrogens is 268 g/mol. The van der Waals surface area contributed by atoms with E-state index in [-0.39, 0.29) is 17.0 Å². The summed E-state index contributed by atoms with van der Waals surface area (Å²) >= 11 is 0. The van der Waals surface area contributed by atoms with Crippen molar-refractivity contribution in [2.45, 2.75) is 19.8 Å². The van der Waals surface area contributed by atoms with Crippen molar-refractivity contribution in [3.8, 4) is 0 Å². The molecule has 19 heavy (non-hydrogen) atoms. The molecule has 0 heterocycles. The number of rotatable bonds is 6. The Hall–Kier alpha value is -1.76. The van der Waals surface area contributed by atoms with Gasteiger partial charge in [0.25, 0.3) is 0 Å². The minimum absolute atomic E-state index is 0.0283. The van der Waals surface area contributed by atoms with Crippen LogP contribution in [0.1, 0.15) is 30.1 Å². The number of anilines is 2. The van der Waals surface area contributed by atoms with Crippen LogP contribution in [0.2, 0.25) is 0 Å². The first-order valence-corrected chi connectivity index (χ1v) is 7.50. The number of carboxylic acid groups (broad SMARTS) is 1. The number of nitrogens with zero attached hydrogens (tertiary/aromatic N) is 1. The normalized spacial score (nSPS) is 11.3. The van der Waals surface area contributed by atoms with Gasteiger partial charge in [0.2, 0.25) is 10.0 Å². The Bertz CT molecular complexity index is 569. The molecule has 0 aromatic heterocycles. The highest BCUT2D eigenvalue weighted by molar-refractivity contribution is 7.92. The van der Waals surface area contributed by atoms with Gasteiger partial charge in [0.05, 0.1) is 22.7 Å². The number of sulfonamides is 1. The Balaban J connectivity index is 3.07. The van der Waals surface area contributed by atoms with Gasteiger partial charge in [-0.2, -0.15) is 0 Å². The van der Waals surface area contributed by atoms with Gasteiger partial charge in [-0.3, -0.25) is 4.31 Å². The zero-order chi connectivity index (χ0) is 14.6. The molecule has 0 spiro atoms. The number of carbonyl (C=O) groups is 1. The van der Waals surface area contributed by atoms with E-state index in [1.165, 1.54) is 25.2 Å². The molecule has 6 nitrogen and oxygen atoms in total. The monoisotopic (exact) mass is 286 g/mol.